The van der Waals surface area contributed by atoms with Gasteiger partial charge in [0.2, 0.25) is 11.6 Å². The molecule has 3 fully saturated rings. The van der Waals surface area contributed by atoms with E-state index in [-0.39, 0.29) is 30.8 Å². The number of fused-ring (bicyclic) bond motifs is 5. The van der Waals surface area contributed by atoms with Crippen molar-refractivity contribution in [3.05, 3.63) is 23.6 Å². The van der Waals surface area contributed by atoms with Crippen LogP contribution in [0, 0.1) is 34.5 Å². The first-order valence-electron chi connectivity index (χ1n) is 12.7. The molecular weight excluding hydrogens is 458 g/mol. The summed E-state index contributed by atoms with van der Waals surface area (Å²) in [4.78, 5) is 38.1. The van der Waals surface area contributed by atoms with Crippen molar-refractivity contribution in [2.45, 2.75) is 84.1 Å². The topological polar surface area (TPSA) is 101 Å². The minimum absolute atomic E-state index is 0.0686. The maximum absolute atomic E-state index is 15.6. The molecule has 0 aromatic heterocycles. The summed E-state index contributed by atoms with van der Waals surface area (Å²) in [6.07, 6.45) is 1.75. The first kappa shape index (κ1) is 26.1. The third-order valence-corrected chi connectivity index (χ3v) is 9.66. The summed E-state index contributed by atoms with van der Waals surface area (Å²) >= 11 is 0. The molecule has 4 aliphatic rings. The highest BCUT2D eigenvalue weighted by Gasteiger charge is 2.73. The Morgan fingerprint density at radius 2 is 1.94 bits per heavy atom. The Morgan fingerprint density at radius 1 is 1.26 bits per heavy atom. The number of carbonyl (C=O) groups is 3. The van der Waals surface area contributed by atoms with Crippen LogP contribution < -0.4 is 0 Å². The summed E-state index contributed by atoms with van der Waals surface area (Å²) in [5.41, 5.74) is -4.08. The molecule has 0 radical (unpaired) electrons. The van der Waals surface area contributed by atoms with Crippen LogP contribution in [0.4, 0.5) is 8.78 Å². The van der Waals surface area contributed by atoms with E-state index in [1.807, 2.05) is 6.92 Å². The number of Topliss-reactive ketones (excluding diaryl/α,β-unsaturated/α-hetero) is 1. The molecule has 8 heteroatoms. The average molecular weight is 495 g/mol. The summed E-state index contributed by atoms with van der Waals surface area (Å²) < 4.78 is 36.4. The number of ether oxygens (including phenoxy) is 1. The van der Waals surface area contributed by atoms with Crippen LogP contribution in [0.5, 0.6) is 0 Å². The molecule has 35 heavy (non-hydrogen) atoms. The Kier molecular flexibility index (Phi) is 6.63. The quantitative estimate of drug-likeness (QED) is 0.545. The predicted octanol–water partition coefficient (Wildman–Crippen LogP) is 3.79. The van der Waals surface area contributed by atoms with Gasteiger partial charge in [0.25, 0.3) is 0 Å². The lowest BCUT2D eigenvalue weighted by Crippen LogP contribution is -2.65. The first-order valence-corrected chi connectivity index (χ1v) is 12.7. The fourth-order valence-electron chi connectivity index (χ4n) is 8.29. The van der Waals surface area contributed by atoms with Gasteiger partial charge in [-0.1, -0.05) is 40.2 Å². The van der Waals surface area contributed by atoms with Crippen LogP contribution in [-0.4, -0.2) is 52.2 Å². The molecule has 2 N–H and O–H groups in total. The number of ketones is 2. The molecule has 6 nitrogen and oxygen atoms in total. The zero-order valence-corrected chi connectivity index (χ0v) is 20.9. The minimum Gasteiger partial charge on any atom is -0.450 e. The van der Waals surface area contributed by atoms with Crippen molar-refractivity contribution in [1.29, 1.82) is 0 Å². The zero-order chi connectivity index (χ0) is 25.9. The third-order valence-electron chi connectivity index (χ3n) is 9.66. The maximum atomic E-state index is 15.6. The number of carbonyl (C=O) groups excluding carboxylic acids is 3. The molecule has 0 amide bonds. The highest BCUT2D eigenvalue weighted by atomic mass is 19.1. The molecule has 0 aromatic carbocycles. The molecule has 0 aliphatic heterocycles. The number of hydrogen-bond donors (Lipinski definition) is 2. The zero-order valence-electron chi connectivity index (χ0n) is 20.9. The third kappa shape index (κ3) is 3.50. The predicted molar refractivity (Wildman–Crippen MR) is 123 cm³/mol. The van der Waals surface area contributed by atoms with Crippen LogP contribution in [-0.2, 0) is 19.1 Å². The van der Waals surface area contributed by atoms with Gasteiger partial charge in [-0.15, -0.1) is 0 Å². The van der Waals surface area contributed by atoms with E-state index >= 15 is 4.39 Å². The van der Waals surface area contributed by atoms with E-state index in [1.54, 1.807) is 20.8 Å². The van der Waals surface area contributed by atoms with Crippen molar-refractivity contribution in [1.82, 2.24) is 0 Å². The van der Waals surface area contributed by atoms with E-state index in [1.165, 1.54) is 6.08 Å². The van der Waals surface area contributed by atoms with Gasteiger partial charge in [0, 0.05) is 34.7 Å². The van der Waals surface area contributed by atoms with Crippen LogP contribution in [0.15, 0.2) is 23.6 Å². The van der Waals surface area contributed by atoms with Crippen LogP contribution in [0.3, 0.4) is 0 Å². The van der Waals surface area contributed by atoms with Gasteiger partial charge in [0.15, 0.2) is 11.4 Å². The Hall–Kier alpha value is -1.93. The van der Waals surface area contributed by atoms with Crippen LogP contribution >= 0.6 is 0 Å². The van der Waals surface area contributed by atoms with Crippen LogP contribution in [0.2, 0.25) is 0 Å². The Bertz CT molecular complexity index is 990. The smallest absolute Gasteiger partial charge is 0.306 e. The van der Waals surface area contributed by atoms with E-state index in [9.17, 15) is 29.0 Å². The molecule has 3 saturated carbocycles. The Balaban J connectivity index is 1.80. The van der Waals surface area contributed by atoms with Crippen molar-refractivity contribution in [3.8, 4) is 0 Å². The van der Waals surface area contributed by atoms with Gasteiger partial charge in [-0.05, 0) is 43.6 Å². The molecule has 9 atom stereocenters. The fraction of sp³-hybridized carbons (Fsp3) is 0.741. The summed E-state index contributed by atoms with van der Waals surface area (Å²) in [6.45, 7) is 6.38. The van der Waals surface area contributed by atoms with Gasteiger partial charge >= 0.3 is 5.97 Å². The lowest BCUT2D eigenvalue weighted by Gasteiger charge is -2.60. The molecule has 4 rings (SSSR count). The molecule has 194 valence electrons. The second-order valence-corrected chi connectivity index (χ2v) is 11.4. The summed E-state index contributed by atoms with van der Waals surface area (Å²) in [5.74, 6) is -4.88. The number of halogens is 2. The maximum Gasteiger partial charge on any atom is 0.306 e. The van der Waals surface area contributed by atoms with Gasteiger partial charge in [0.1, 0.15) is 12.8 Å². The molecule has 0 bridgehead atoms. The lowest BCUT2D eigenvalue weighted by atomic mass is 9.45. The molecule has 0 heterocycles. The van der Waals surface area contributed by atoms with Gasteiger partial charge in [-0.25, -0.2) is 8.78 Å². The van der Waals surface area contributed by atoms with Crippen molar-refractivity contribution < 1.29 is 38.1 Å². The van der Waals surface area contributed by atoms with Crippen molar-refractivity contribution in [2.75, 3.05) is 6.61 Å². The Morgan fingerprint density at radius 3 is 2.57 bits per heavy atom. The summed E-state index contributed by atoms with van der Waals surface area (Å²) in [6, 6.07) is 0. The number of hydrogen-bond acceptors (Lipinski definition) is 6. The number of allylic oxidation sites excluding steroid dienone is 4. The Labute approximate surface area is 204 Å². The highest BCUT2D eigenvalue weighted by molar-refractivity contribution is 6.04. The SMILES string of the molecule is CCCCC(=O)O[C@]1(C(=O)CO)[C@@H](C)C[C@H]2[C@@H]3C[C@H](F)C4=C(F)C(=O)C=C[C@]4(C)[C@H]3[C@@H](O)C[C@@]21C. The minimum atomic E-state index is -1.71. The van der Waals surface area contributed by atoms with Crippen molar-refractivity contribution in [3.63, 3.8) is 0 Å². The molecule has 0 aromatic rings. The summed E-state index contributed by atoms with van der Waals surface area (Å²) in [7, 11) is 0. The van der Waals surface area contributed by atoms with Gasteiger partial charge in [-0.3, -0.25) is 14.4 Å². The number of unbranched alkanes of at least 4 members (excludes halogenated alkanes) is 1. The molecular formula is C27H36F2O6. The normalized spacial score (nSPS) is 44.5. The number of alkyl halides is 1. The molecule has 0 unspecified atom stereocenters. The molecule has 0 spiro atoms. The second-order valence-electron chi connectivity index (χ2n) is 11.4. The largest absolute Gasteiger partial charge is 0.450 e. The van der Waals surface area contributed by atoms with Gasteiger partial charge in [-0.2, -0.15) is 0 Å². The van der Waals surface area contributed by atoms with Gasteiger partial charge in [0.05, 0.1) is 6.10 Å². The first-order chi connectivity index (χ1) is 16.4. The van der Waals surface area contributed by atoms with Crippen LogP contribution in [0.25, 0.3) is 0 Å². The lowest BCUT2D eigenvalue weighted by molar-refractivity contribution is -0.206. The van der Waals surface area contributed by atoms with E-state index in [0.29, 0.717) is 12.8 Å². The number of esters is 1. The van der Waals surface area contributed by atoms with Gasteiger partial charge < -0.3 is 14.9 Å². The van der Waals surface area contributed by atoms with Crippen molar-refractivity contribution >= 4 is 17.5 Å². The monoisotopic (exact) mass is 494 g/mol. The van der Waals surface area contributed by atoms with E-state index in [2.05, 4.69) is 0 Å². The van der Waals surface area contributed by atoms with E-state index in [0.717, 1.165) is 12.5 Å². The fourth-order valence-corrected chi connectivity index (χ4v) is 8.29. The van der Waals surface area contributed by atoms with Crippen LogP contribution in [0.1, 0.15) is 66.2 Å². The molecule has 0 saturated heterocycles. The number of rotatable bonds is 6. The number of aliphatic hydroxyl groups is 2. The summed E-state index contributed by atoms with van der Waals surface area (Å²) in [5, 5.41) is 21.4. The van der Waals surface area contributed by atoms with E-state index < -0.39 is 76.4 Å². The average Bonchev–Trinajstić information content (AvgIpc) is 3.01. The van der Waals surface area contributed by atoms with Crippen molar-refractivity contribution in [2.24, 2.45) is 34.5 Å². The number of aliphatic hydroxyl groups excluding tert-OH is 2. The standard InChI is InChI=1S/C27H36F2O6/c1-5-6-7-21(34)35-27(20(33)13-30)14(2)10-16-15-11-17(28)23-24(29)18(31)8-9-25(23,3)22(15)19(32)12-26(16,27)4/h8-9,14-17,19,22,30,32H,5-7,10-13H2,1-4H3/t14-,15-,16-,17-,19-,22+,25+,26-,27-/m0/s1. The van der Waals surface area contributed by atoms with E-state index in [4.69, 9.17) is 4.74 Å². The second kappa shape index (κ2) is 8.87. The highest BCUT2D eigenvalue weighted by Crippen LogP contribution is 2.69. The molecule has 4 aliphatic carbocycles.